The maximum atomic E-state index is 15.5. The maximum absolute atomic E-state index is 15.5. The van der Waals surface area contributed by atoms with E-state index < -0.39 is 38.5 Å². The number of carbonyl (C=O) groups is 2. The highest BCUT2D eigenvalue weighted by atomic mass is 32.2. The molecule has 0 spiro atoms. The minimum absolute atomic E-state index is 0.0794. The molecule has 5 N–H and O–H groups in total. The average molecular weight is 734 g/mol. The lowest BCUT2D eigenvalue weighted by molar-refractivity contribution is 0.0678. The molecule has 51 heavy (non-hydrogen) atoms. The van der Waals surface area contributed by atoms with Crippen LogP contribution in [-0.4, -0.2) is 60.7 Å². The number of nitrogens with one attached hydrogen (secondary N) is 1. The smallest absolute Gasteiger partial charge is 0.359 e. The third-order valence-corrected chi connectivity index (χ3v) is 9.93. The van der Waals surface area contributed by atoms with Crippen molar-refractivity contribution in [2.24, 2.45) is 11.1 Å². The largest absolute Gasteiger partial charge is 0.476 e. The van der Waals surface area contributed by atoms with Crippen LogP contribution in [0.4, 0.5) is 8.78 Å². The number of carboxylic acids is 2. The number of aromatic amines is 1. The van der Waals surface area contributed by atoms with E-state index in [0.717, 1.165) is 36.3 Å². The van der Waals surface area contributed by atoms with E-state index in [2.05, 4.69) is 20.4 Å². The summed E-state index contributed by atoms with van der Waals surface area (Å²) < 4.78 is 61.5. The second-order valence-electron chi connectivity index (χ2n) is 11.8. The van der Waals surface area contributed by atoms with Crippen LogP contribution < -0.4 is 9.88 Å². The van der Waals surface area contributed by atoms with Crippen LogP contribution in [0.5, 0.6) is 11.6 Å². The van der Waals surface area contributed by atoms with Crippen molar-refractivity contribution >= 4 is 33.3 Å². The van der Waals surface area contributed by atoms with Gasteiger partial charge in [0.1, 0.15) is 22.3 Å². The molecule has 0 bridgehead atoms. The summed E-state index contributed by atoms with van der Waals surface area (Å²) in [6, 6.07) is 14.2. The predicted octanol–water partition coefficient (Wildman–Crippen LogP) is 5.44. The van der Waals surface area contributed by atoms with Crippen molar-refractivity contribution in [3.63, 3.8) is 0 Å². The molecular weight excluding hydrogens is 709 g/mol. The third kappa shape index (κ3) is 6.96. The van der Waals surface area contributed by atoms with Crippen LogP contribution in [-0.2, 0) is 22.9 Å². The second-order valence-corrected chi connectivity index (χ2v) is 14.1. The molecule has 1 fully saturated rings. The Hall–Kier alpha value is -5.85. The zero-order chi connectivity index (χ0) is 36.0. The van der Waals surface area contributed by atoms with Gasteiger partial charge in [0, 0.05) is 28.5 Å². The number of nitrogens with two attached hydrogens (primary N) is 1. The number of hydrogen-bond acceptors (Lipinski definition) is 10. The van der Waals surface area contributed by atoms with Crippen LogP contribution in [0, 0.1) is 17.6 Å². The summed E-state index contributed by atoms with van der Waals surface area (Å²) in [6.07, 6.45) is 2.53. The molecule has 3 aromatic heterocycles. The number of rotatable bonds is 12. The summed E-state index contributed by atoms with van der Waals surface area (Å²) in [4.78, 5) is 26.8. The molecule has 0 unspecified atom stereocenters. The molecule has 260 valence electrons. The lowest BCUT2D eigenvalue weighted by Crippen LogP contribution is -2.14. The van der Waals surface area contributed by atoms with Gasteiger partial charge in [0.15, 0.2) is 5.69 Å². The number of thiazole rings is 1. The highest BCUT2D eigenvalue weighted by Crippen LogP contribution is 2.39. The first-order chi connectivity index (χ1) is 24.4. The number of nitrogens with zero attached hydrogens (tertiary/aromatic N) is 5. The summed E-state index contributed by atoms with van der Waals surface area (Å²) in [5.74, 6) is -3.97. The number of hydrogen-bond donors (Lipinski definition) is 4. The molecule has 3 heterocycles. The number of carboxylic acid groups (broad SMARTS) is 2. The van der Waals surface area contributed by atoms with E-state index in [9.17, 15) is 28.2 Å². The van der Waals surface area contributed by atoms with Gasteiger partial charge >= 0.3 is 11.9 Å². The van der Waals surface area contributed by atoms with Crippen LogP contribution in [0.15, 0.2) is 70.9 Å². The minimum atomic E-state index is -4.31. The van der Waals surface area contributed by atoms with Crippen LogP contribution in [0.2, 0.25) is 0 Å². The number of primary sulfonamides is 1. The molecule has 0 amide bonds. The fourth-order valence-corrected chi connectivity index (χ4v) is 6.94. The molecule has 1 saturated carbocycles. The maximum Gasteiger partial charge on any atom is 0.359 e. The highest BCUT2D eigenvalue weighted by molar-refractivity contribution is 7.89. The van der Waals surface area contributed by atoms with Gasteiger partial charge in [-0.1, -0.05) is 28.5 Å². The van der Waals surface area contributed by atoms with Gasteiger partial charge in [-0.25, -0.2) is 46.7 Å². The molecule has 14 nitrogen and oxygen atoms in total. The number of sulfonamides is 1. The molecule has 7 rings (SSSR count). The summed E-state index contributed by atoms with van der Waals surface area (Å²) >= 11 is 1.08. The summed E-state index contributed by atoms with van der Waals surface area (Å²) in [7, 11) is -4.31. The number of benzene rings is 3. The van der Waals surface area contributed by atoms with E-state index in [0.29, 0.717) is 46.0 Å². The quantitative estimate of drug-likeness (QED) is 0.124. The molecule has 0 aliphatic heterocycles. The van der Waals surface area contributed by atoms with E-state index in [4.69, 9.17) is 15.0 Å². The van der Waals surface area contributed by atoms with Crippen molar-refractivity contribution in [2.45, 2.75) is 30.6 Å². The number of aromatic carboxylic acids is 2. The first-order valence-electron chi connectivity index (χ1n) is 15.2. The van der Waals surface area contributed by atoms with Crippen LogP contribution in [0.25, 0.3) is 27.5 Å². The Labute approximate surface area is 291 Å². The summed E-state index contributed by atoms with van der Waals surface area (Å²) in [5, 5.41) is 40.0. The normalized spacial score (nSPS) is 13.0. The lowest BCUT2D eigenvalue weighted by atomic mass is 9.95. The Kier molecular flexibility index (Phi) is 8.65. The Balaban J connectivity index is 1.35. The molecular formula is C33H25F2N7O7S2. The van der Waals surface area contributed by atoms with Gasteiger partial charge in [-0.15, -0.1) is 11.3 Å². The minimum Gasteiger partial charge on any atom is -0.476 e. The predicted molar refractivity (Wildman–Crippen MR) is 177 cm³/mol. The molecule has 3 aromatic carbocycles. The Morgan fingerprint density at radius 3 is 2.51 bits per heavy atom. The van der Waals surface area contributed by atoms with Crippen molar-refractivity contribution in [3.05, 3.63) is 106 Å². The number of ether oxygens (including phenoxy) is 1. The lowest BCUT2D eigenvalue weighted by Gasteiger charge is -2.11. The van der Waals surface area contributed by atoms with Gasteiger partial charge in [0.25, 0.3) is 5.88 Å². The van der Waals surface area contributed by atoms with E-state index in [1.165, 1.54) is 35.7 Å². The van der Waals surface area contributed by atoms with Crippen molar-refractivity contribution in [2.75, 3.05) is 0 Å². The Morgan fingerprint density at radius 2 is 1.82 bits per heavy atom. The molecule has 0 radical (unpaired) electrons. The molecule has 1 aliphatic carbocycles. The van der Waals surface area contributed by atoms with Gasteiger partial charge in [-0.2, -0.15) is 5.10 Å². The number of aromatic nitrogens is 6. The monoisotopic (exact) mass is 733 g/mol. The van der Waals surface area contributed by atoms with Crippen LogP contribution in [0.3, 0.4) is 0 Å². The SMILES string of the molecule is NS(=O)(=O)c1ccc(Cc2c(-c3ccc(F)c(-c4cccc(Oc5nn[nH]c5C(=O)O)c4)c3)nn(-c3nc(C(=O)O)cs3)c2CC2CC2)cc1F. The Bertz CT molecular complexity index is 2460. The van der Waals surface area contributed by atoms with E-state index in [-0.39, 0.29) is 40.1 Å². The van der Waals surface area contributed by atoms with Gasteiger partial charge in [0.05, 0.1) is 11.4 Å². The van der Waals surface area contributed by atoms with E-state index in [1.54, 1.807) is 22.9 Å². The average Bonchev–Trinajstić information content (AvgIpc) is 3.40. The topological polar surface area (TPSA) is 216 Å². The zero-order valence-electron chi connectivity index (χ0n) is 26.1. The molecule has 0 saturated heterocycles. The van der Waals surface area contributed by atoms with Crippen molar-refractivity contribution < 1.29 is 41.7 Å². The highest BCUT2D eigenvalue weighted by Gasteiger charge is 2.30. The van der Waals surface area contributed by atoms with Crippen LogP contribution in [0.1, 0.15) is 50.6 Å². The molecule has 6 aromatic rings. The molecule has 18 heteroatoms. The summed E-state index contributed by atoms with van der Waals surface area (Å²) in [5.41, 5.74) is 2.55. The van der Waals surface area contributed by atoms with Gasteiger partial charge in [0.2, 0.25) is 20.8 Å². The fraction of sp³-hybridized carbons (Fsp3) is 0.152. The number of halogens is 2. The van der Waals surface area contributed by atoms with Gasteiger partial charge in [-0.3, -0.25) is 0 Å². The second kappa shape index (κ2) is 13.1. The van der Waals surface area contributed by atoms with Gasteiger partial charge < -0.3 is 14.9 Å². The standard InChI is InChI=1S/C33H25F2N7O7S2/c34-23-8-7-19(14-21(23)18-2-1-3-20(13-18)49-30-29(32(45)46)38-41-39-30)28-22(10-17-6-9-27(24(35)11-17)51(36,47)48)26(12-16-4-5-16)42(40-28)33-37-25(15-50-33)31(43)44/h1-3,6-9,11,13-16H,4-5,10,12H2,(H,43,44)(H,45,46)(H2,36,47,48)(H,38,39,41). The van der Waals surface area contributed by atoms with Gasteiger partial charge in [-0.05, 0) is 78.8 Å². The zero-order valence-corrected chi connectivity index (χ0v) is 27.7. The van der Waals surface area contributed by atoms with E-state index in [1.807, 2.05) is 0 Å². The summed E-state index contributed by atoms with van der Waals surface area (Å²) in [6.45, 7) is 0. The van der Waals surface area contributed by atoms with Crippen molar-refractivity contribution in [1.29, 1.82) is 0 Å². The van der Waals surface area contributed by atoms with Crippen molar-refractivity contribution in [1.82, 2.24) is 30.2 Å². The van der Waals surface area contributed by atoms with Crippen LogP contribution >= 0.6 is 11.3 Å². The first kappa shape index (κ1) is 33.6. The first-order valence-corrected chi connectivity index (χ1v) is 17.6. The molecule has 1 aliphatic rings. The molecule has 0 atom stereocenters. The van der Waals surface area contributed by atoms with Crippen molar-refractivity contribution in [3.8, 4) is 39.1 Å². The third-order valence-electron chi connectivity index (χ3n) is 8.17. The Morgan fingerprint density at radius 1 is 1.02 bits per heavy atom. The number of H-pyrrole nitrogens is 1. The fourth-order valence-electron chi connectivity index (χ4n) is 5.58. The van der Waals surface area contributed by atoms with E-state index >= 15 is 8.78 Å².